The Labute approximate surface area is 126 Å². The van der Waals surface area contributed by atoms with Crippen LogP contribution in [0.15, 0.2) is 24.3 Å². The molecule has 0 aliphatic carbocycles. The van der Waals surface area contributed by atoms with E-state index in [9.17, 15) is 4.79 Å². The summed E-state index contributed by atoms with van der Waals surface area (Å²) in [5.74, 6) is 0.939. The zero-order valence-electron chi connectivity index (χ0n) is 12.3. The van der Waals surface area contributed by atoms with E-state index in [1.54, 1.807) is 0 Å². The van der Waals surface area contributed by atoms with E-state index in [0.29, 0.717) is 11.6 Å². The lowest BCUT2D eigenvalue weighted by Crippen LogP contribution is -3.14. The number of rotatable bonds is 4. The fourth-order valence-corrected chi connectivity index (χ4v) is 2.92. The molecule has 0 saturated carbocycles. The molecular weight excluding hydrogens is 272 g/mol. The molecule has 4 heteroatoms. The SMILES string of the molecule is CC1CC[NH+](CC(=O)N[C@@H](C)c2cccc(Cl)c2)CC1. The van der Waals surface area contributed by atoms with Crippen molar-refractivity contribution in [2.75, 3.05) is 19.6 Å². The van der Waals surface area contributed by atoms with Crippen LogP contribution in [-0.4, -0.2) is 25.5 Å². The Hall–Kier alpha value is -1.06. The van der Waals surface area contributed by atoms with Gasteiger partial charge in [0.1, 0.15) is 0 Å². The molecule has 0 spiro atoms. The van der Waals surface area contributed by atoms with Gasteiger partial charge in [-0.15, -0.1) is 0 Å². The summed E-state index contributed by atoms with van der Waals surface area (Å²) in [6, 6.07) is 7.66. The molecule has 0 aromatic heterocycles. The van der Waals surface area contributed by atoms with Gasteiger partial charge in [-0.1, -0.05) is 30.7 Å². The Morgan fingerprint density at radius 3 is 2.80 bits per heavy atom. The maximum atomic E-state index is 12.1. The Morgan fingerprint density at radius 2 is 2.15 bits per heavy atom. The van der Waals surface area contributed by atoms with Crippen LogP contribution in [-0.2, 0) is 4.79 Å². The van der Waals surface area contributed by atoms with Gasteiger partial charge >= 0.3 is 0 Å². The molecule has 1 aromatic carbocycles. The minimum atomic E-state index is 0.00399. The quantitative estimate of drug-likeness (QED) is 0.873. The summed E-state index contributed by atoms with van der Waals surface area (Å²) in [7, 11) is 0. The lowest BCUT2D eigenvalue weighted by molar-refractivity contribution is -0.898. The average molecular weight is 296 g/mol. The van der Waals surface area contributed by atoms with Crippen molar-refractivity contribution in [1.29, 1.82) is 0 Å². The first-order valence-electron chi connectivity index (χ1n) is 7.43. The molecule has 3 nitrogen and oxygen atoms in total. The van der Waals surface area contributed by atoms with E-state index in [1.165, 1.54) is 17.7 Å². The molecule has 20 heavy (non-hydrogen) atoms. The fourth-order valence-electron chi connectivity index (χ4n) is 2.73. The van der Waals surface area contributed by atoms with Gasteiger partial charge in [0.2, 0.25) is 0 Å². The summed E-state index contributed by atoms with van der Waals surface area (Å²) in [6.07, 6.45) is 2.46. The van der Waals surface area contributed by atoms with Crippen LogP contribution in [0.1, 0.15) is 38.3 Å². The third-order valence-corrected chi connectivity index (χ3v) is 4.35. The summed E-state index contributed by atoms with van der Waals surface area (Å²) in [4.78, 5) is 13.5. The average Bonchev–Trinajstić information content (AvgIpc) is 2.41. The van der Waals surface area contributed by atoms with E-state index in [1.807, 2.05) is 31.2 Å². The van der Waals surface area contributed by atoms with Crippen LogP contribution in [0.4, 0.5) is 0 Å². The number of quaternary nitrogens is 1. The van der Waals surface area contributed by atoms with Crippen LogP contribution in [0.3, 0.4) is 0 Å². The molecule has 2 rings (SSSR count). The molecule has 1 heterocycles. The number of likely N-dealkylation sites (tertiary alicyclic amines) is 1. The highest BCUT2D eigenvalue weighted by atomic mass is 35.5. The molecule has 0 radical (unpaired) electrons. The van der Waals surface area contributed by atoms with E-state index in [-0.39, 0.29) is 11.9 Å². The van der Waals surface area contributed by atoms with E-state index in [0.717, 1.165) is 24.6 Å². The molecule has 1 aliphatic rings. The summed E-state index contributed by atoms with van der Waals surface area (Å²) in [6.45, 7) is 7.09. The van der Waals surface area contributed by atoms with Gasteiger partial charge in [-0.25, -0.2) is 0 Å². The van der Waals surface area contributed by atoms with E-state index in [4.69, 9.17) is 11.6 Å². The number of piperidine rings is 1. The second-order valence-corrected chi connectivity index (χ2v) is 6.39. The standard InChI is InChI=1S/C16H23ClN2O/c1-12-6-8-19(9-7-12)11-16(20)18-13(2)14-4-3-5-15(17)10-14/h3-5,10,12-13H,6-9,11H2,1-2H3,(H,18,20)/p+1/t13-/m0/s1. The molecule has 1 amide bonds. The van der Waals surface area contributed by atoms with Crippen LogP contribution in [0, 0.1) is 5.92 Å². The number of carbonyl (C=O) groups excluding carboxylic acids is 1. The van der Waals surface area contributed by atoms with Crippen LogP contribution >= 0.6 is 11.6 Å². The maximum absolute atomic E-state index is 12.1. The van der Waals surface area contributed by atoms with Crippen molar-refractivity contribution in [3.05, 3.63) is 34.9 Å². The molecule has 2 N–H and O–H groups in total. The second-order valence-electron chi connectivity index (χ2n) is 5.95. The van der Waals surface area contributed by atoms with Crippen molar-refractivity contribution in [3.8, 4) is 0 Å². The van der Waals surface area contributed by atoms with Gasteiger partial charge in [0.15, 0.2) is 6.54 Å². The predicted molar refractivity (Wildman–Crippen MR) is 82.0 cm³/mol. The molecular formula is C16H24ClN2O+. The molecule has 0 unspecified atom stereocenters. The van der Waals surface area contributed by atoms with Gasteiger partial charge in [0.05, 0.1) is 19.1 Å². The van der Waals surface area contributed by atoms with Crippen molar-refractivity contribution in [2.45, 2.75) is 32.7 Å². The Bertz CT molecular complexity index is 456. The van der Waals surface area contributed by atoms with Crippen LogP contribution in [0.5, 0.6) is 0 Å². The van der Waals surface area contributed by atoms with Gasteiger partial charge in [-0.05, 0) is 43.4 Å². The lowest BCUT2D eigenvalue weighted by Gasteiger charge is -2.27. The highest BCUT2D eigenvalue weighted by molar-refractivity contribution is 6.30. The lowest BCUT2D eigenvalue weighted by atomic mass is 9.99. The number of nitrogens with one attached hydrogen (secondary N) is 2. The topological polar surface area (TPSA) is 33.5 Å². The van der Waals surface area contributed by atoms with Crippen LogP contribution < -0.4 is 10.2 Å². The first-order chi connectivity index (χ1) is 9.54. The molecule has 1 aliphatic heterocycles. The Kier molecular flexibility index (Phi) is 5.44. The number of amides is 1. The predicted octanol–water partition coefficient (Wildman–Crippen LogP) is 1.83. The highest BCUT2D eigenvalue weighted by Gasteiger charge is 2.22. The van der Waals surface area contributed by atoms with Crippen molar-refractivity contribution in [2.24, 2.45) is 5.92 Å². The van der Waals surface area contributed by atoms with Gasteiger partial charge in [-0.2, -0.15) is 0 Å². The molecule has 0 bridgehead atoms. The zero-order chi connectivity index (χ0) is 14.5. The van der Waals surface area contributed by atoms with Crippen LogP contribution in [0.2, 0.25) is 5.02 Å². The van der Waals surface area contributed by atoms with Gasteiger partial charge in [-0.3, -0.25) is 4.79 Å². The molecule has 1 saturated heterocycles. The number of benzene rings is 1. The molecule has 1 fully saturated rings. The van der Waals surface area contributed by atoms with E-state index in [2.05, 4.69) is 12.2 Å². The third kappa shape index (κ3) is 4.50. The molecule has 1 aromatic rings. The maximum Gasteiger partial charge on any atom is 0.275 e. The Morgan fingerprint density at radius 1 is 1.45 bits per heavy atom. The van der Waals surface area contributed by atoms with Crippen molar-refractivity contribution < 1.29 is 9.69 Å². The van der Waals surface area contributed by atoms with Crippen molar-refractivity contribution in [1.82, 2.24) is 5.32 Å². The van der Waals surface area contributed by atoms with Gasteiger partial charge in [0, 0.05) is 5.02 Å². The third-order valence-electron chi connectivity index (χ3n) is 4.12. The minimum absolute atomic E-state index is 0.00399. The first kappa shape index (κ1) is 15.3. The van der Waals surface area contributed by atoms with Crippen molar-refractivity contribution >= 4 is 17.5 Å². The van der Waals surface area contributed by atoms with Crippen LogP contribution in [0.25, 0.3) is 0 Å². The summed E-state index contributed by atoms with van der Waals surface area (Å²) >= 11 is 5.98. The monoisotopic (exact) mass is 295 g/mol. The zero-order valence-corrected chi connectivity index (χ0v) is 13.0. The number of hydrogen-bond donors (Lipinski definition) is 2. The summed E-state index contributed by atoms with van der Waals surface area (Å²) < 4.78 is 0. The second kappa shape index (κ2) is 7.09. The van der Waals surface area contributed by atoms with E-state index < -0.39 is 0 Å². The highest BCUT2D eigenvalue weighted by Crippen LogP contribution is 2.17. The summed E-state index contributed by atoms with van der Waals surface area (Å²) in [5.41, 5.74) is 1.05. The smallest absolute Gasteiger partial charge is 0.275 e. The normalized spacial score (nSPS) is 24.1. The first-order valence-corrected chi connectivity index (χ1v) is 7.81. The van der Waals surface area contributed by atoms with Gasteiger partial charge in [0.25, 0.3) is 5.91 Å². The number of carbonyl (C=O) groups is 1. The summed E-state index contributed by atoms with van der Waals surface area (Å²) in [5, 5.41) is 3.77. The van der Waals surface area contributed by atoms with Gasteiger partial charge < -0.3 is 10.2 Å². The van der Waals surface area contributed by atoms with E-state index >= 15 is 0 Å². The number of hydrogen-bond acceptors (Lipinski definition) is 1. The van der Waals surface area contributed by atoms with Crippen molar-refractivity contribution in [3.63, 3.8) is 0 Å². The number of halogens is 1. The molecule has 110 valence electrons. The molecule has 1 atom stereocenters. The minimum Gasteiger partial charge on any atom is -0.345 e. The fraction of sp³-hybridized carbons (Fsp3) is 0.562. The largest absolute Gasteiger partial charge is 0.345 e. The Balaban J connectivity index is 1.82.